The molecule has 0 N–H and O–H groups in total. The molecule has 0 heterocycles. The molecule has 0 aliphatic heterocycles. The van der Waals surface area contributed by atoms with Crippen molar-refractivity contribution in [1.82, 2.24) is 4.90 Å². The van der Waals surface area contributed by atoms with E-state index in [1.807, 2.05) is 0 Å². The van der Waals surface area contributed by atoms with E-state index >= 15 is 0 Å². The van der Waals surface area contributed by atoms with Crippen molar-refractivity contribution in [2.45, 2.75) is 33.1 Å². The molecule has 2 heteroatoms. The standard InChI is InChI=1S/C12H21NO/c1-3-13(4-2)8-11-9-5-6-10(7-9)12(11)14/h9-11H,3-8H2,1-2H3/t9?,10-,11+/m1/s1. The third kappa shape index (κ3) is 1.60. The van der Waals surface area contributed by atoms with Gasteiger partial charge in [-0.3, -0.25) is 4.79 Å². The second-order valence-corrected chi connectivity index (χ2v) is 4.76. The van der Waals surface area contributed by atoms with E-state index in [4.69, 9.17) is 0 Å². The van der Waals surface area contributed by atoms with E-state index in [0.29, 0.717) is 17.6 Å². The Kier molecular flexibility index (Phi) is 2.91. The molecular weight excluding hydrogens is 174 g/mol. The average molecular weight is 195 g/mol. The predicted molar refractivity (Wildman–Crippen MR) is 57.1 cm³/mol. The summed E-state index contributed by atoms with van der Waals surface area (Å²) in [7, 11) is 0. The molecule has 0 radical (unpaired) electrons. The molecule has 3 atom stereocenters. The number of hydrogen-bond acceptors (Lipinski definition) is 2. The van der Waals surface area contributed by atoms with E-state index < -0.39 is 0 Å². The molecule has 0 spiro atoms. The fraction of sp³-hybridized carbons (Fsp3) is 0.917. The molecule has 0 saturated heterocycles. The molecule has 1 unspecified atom stereocenters. The number of hydrogen-bond donors (Lipinski definition) is 0. The molecule has 80 valence electrons. The highest BCUT2D eigenvalue weighted by Crippen LogP contribution is 2.45. The Bertz CT molecular complexity index is 222. The summed E-state index contributed by atoms with van der Waals surface area (Å²) in [5.41, 5.74) is 0. The summed E-state index contributed by atoms with van der Waals surface area (Å²) >= 11 is 0. The summed E-state index contributed by atoms with van der Waals surface area (Å²) in [5, 5.41) is 0. The molecule has 0 aromatic rings. The van der Waals surface area contributed by atoms with Crippen molar-refractivity contribution in [1.29, 1.82) is 0 Å². The van der Waals surface area contributed by atoms with E-state index in [0.717, 1.165) is 25.6 Å². The highest BCUT2D eigenvalue weighted by Gasteiger charge is 2.46. The molecule has 2 nitrogen and oxygen atoms in total. The number of carbonyl (C=O) groups excluding carboxylic acids is 1. The van der Waals surface area contributed by atoms with Gasteiger partial charge in [-0.05, 0) is 38.3 Å². The van der Waals surface area contributed by atoms with Crippen LogP contribution < -0.4 is 0 Å². The largest absolute Gasteiger partial charge is 0.303 e. The topological polar surface area (TPSA) is 20.3 Å². The van der Waals surface area contributed by atoms with Crippen LogP contribution in [0.1, 0.15) is 33.1 Å². The molecule has 2 fully saturated rings. The summed E-state index contributed by atoms with van der Waals surface area (Å²) in [6.45, 7) is 7.55. The van der Waals surface area contributed by atoms with Crippen LogP contribution >= 0.6 is 0 Å². The lowest BCUT2D eigenvalue weighted by Gasteiger charge is -2.27. The van der Waals surface area contributed by atoms with Crippen molar-refractivity contribution in [3.63, 3.8) is 0 Å². The summed E-state index contributed by atoms with van der Waals surface area (Å²) in [4.78, 5) is 14.3. The van der Waals surface area contributed by atoms with Crippen LogP contribution in [0.4, 0.5) is 0 Å². The number of rotatable bonds is 4. The van der Waals surface area contributed by atoms with Crippen LogP contribution in [0.2, 0.25) is 0 Å². The second kappa shape index (κ2) is 4.01. The Morgan fingerprint density at radius 2 is 2.00 bits per heavy atom. The normalized spacial score (nSPS) is 35.9. The third-order valence-electron chi connectivity index (χ3n) is 4.16. The summed E-state index contributed by atoms with van der Waals surface area (Å²) < 4.78 is 0. The van der Waals surface area contributed by atoms with E-state index in [1.165, 1.54) is 19.3 Å². The summed E-state index contributed by atoms with van der Waals surface area (Å²) in [5.74, 6) is 2.13. The fourth-order valence-corrected chi connectivity index (χ4v) is 3.17. The van der Waals surface area contributed by atoms with Gasteiger partial charge in [-0.2, -0.15) is 0 Å². The van der Waals surface area contributed by atoms with Gasteiger partial charge < -0.3 is 4.90 Å². The molecule has 2 saturated carbocycles. The maximum Gasteiger partial charge on any atom is 0.140 e. The highest BCUT2D eigenvalue weighted by atomic mass is 16.1. The maximum absolute atomic E-state index is 11.9. The first-order chi connectivity index (χ1) is 6.76. The van der Waals surface area contributed by atoms with Crippen LogP contribution in [0.25, 0.3) is 0 Å². The third-order valence-corrected chi connectivity index (χ3v) is 4.16. The Balaban J connectivity index is 1.95. The first-order valence-electron chi connectivity index (χ1n) is 6.02. The molecule has 0 aromatic carbocycles. The number of nitrogens with zero attached hydrogens (tertiary/aromatic N) is 1. The van der Waals surface area contributed by atoms with E-state index in [1.54, 1.807) is 0 Å². The Morgan fingerprint density at radius 1 is 1.29 bits per heavy atom. The molecule has 14 heavy (non-hydrogen) atoms. The van der Waals surface area contributed by atoms with Gasteiger partial charge in [0.25, 0.3) is 0 Å². The van der Waals surface area contributed by atoms with Gasteiger partial charge in [-0.25, -0.2) is 0 Å². The van der Waals surface area contributed by atoms with Crippen LogP contribution in [0.5, 0.6) is 0 Å². The van der Waals surface area contributed by atoms with Gasteiger partial charge in [0.2, 0.25) is 0 Å². The highest BCUT2D eigenvalue weighted by molar-refractivity contribution is 5.87. The van der Waals surface area contributed by atoms with Gasteiger partial charge in [-0.15, -0.1) is 0 Å². The van der Waals surface area contributed by atoms with Crippen molar-refractivity contribution in [3.8, 4) is 0 Å². The maximum atomic E-state index is 11.9. The van der Waals surface area contributed by atoms with Gasteiger partial charge in [-0.1, -0.05) is 13.8 Å². The lowest BCUT2D eigenvalue weighted by molar-refractivity contribution is -0.126. The monoisotopic (exact) mass is 195 g/mol. The minimum atomic E-state index is 0.383. The smallest absolute Gasteiger partial charge is 0.140 e. The lowest BCUT2D eigenvalue weighted by Crippen LogP contribution is -2.35. The van der Waals surface area contributed by atoms with E-state index in [9.17, 15) is 4.79 Å². The SMILES string of the molecule is CCN(CC)C[C@@H]1C(=O)[C@@H]2CCC1C2. The number of ketones is 1. The minimum absolute atomic E-state index is 0.383. The molecule has 2 aliphatic rings. The van der Waals surface area contributed by atoms with Crippen LogP contribution in [0.3, 0.4) is 0 Å². The lowest BCUT2D eigenvalue weighted by atomic mass is 9.87. The van der Waals surface area contributed by atoms with Crippen LogP contribution in [-0.4, -0.2) is 30.3 Å². The predicted octanol–water partition coefficient (Wildman–Crippen LogP) is 1.94. The molecular formula is C12H21NO. The molecule has 0 aromatic heterocycles. The van der Waals surface area contributed by atoms with Crippen LogP contribution in [-0.2, 0) is 4.79 Å². The Hall–Kier alpha value is -0.370. The average Bonchev–Trinajstić information content (AvgIpc) is 2.77. The van der Waals surface area contributed by atoms with Crippen molar-refractivity contribution < 1.29 is 4.79 Å². The van der Waals surface area contributed by atoms with E-state index in [2.05, 4.69) is 18.7 Å². The quantitative estimate of drug-likeness (QED) is 0.683. The Morgan fingerprint density at radius 3 is 2.50 bits per heavy atom. The molecule has 2 bridgehead atoms. The van der Waals surface area contributed by atoms with Gasteiger partial charge in [0.1, 0.15) is 5.78 Å². The van der Waals surface area contributed by atoms with Crippen molar-refractivity contribution in [3.05, 3.63) is 0 Å². The zero-order valence-corrected chi connectivity index (χ0v) is 9.33. The van der Waals surface area contributed by atoms with Gasteiger partial charge in [0.15, 0.2) is 0 Å². The molecule has 0 amide bonds. The number of fused-ring (bicyclic) bond motifs is 2. The fourth-order valence-electron chi connectivity index (χ4n) is 3.17. The van der Waals surface area contributed by atoms with Crippen LogP contribution in [0, 0.1) is 17.8 Å². The molecule has 2 aliphatic carbocycles. The second-order valence-electron chi connectivity index (χ2n) is 4.76. The van der Waals surface area contributed by atoms with Gasteiger partial charge >= 0.3 is 0 Å². The zero-order valence-electron chi connectivity index (χ0n) is 9.33. The van der Waals surface area contributed by atoms with Gasteiger partial charge in [0.05, 0.1) is 0 Å². The van der Waals surface area contributed by atoms with Crippen molar-refractivity contribution in [2.75, 3.05) is 19.6 Å². The van der Waals surface area contributed by atoms with Crippen molar-refractivity contribution >= 4 is 5.78 Å². The van der Waals surface area contributed by atoms with E-state index in [-0.39, 0.29) is 0 Å². The Labute approximate surface area is 86.7 Å². The number of carbonyl (C=O) groups is 1. The number of Topliss-reactive ketones (excluding diaryl/α,β-unsaturated/α-hetero) is 1. The summed E-state index contributed by atoms with van der Waals surface area (Å²) in [6.07, 6.45) is 3.69. The van der Waals surface area contributed by atoms with Gasteiger partial charge in [0, 0.05) is 18.4 Å². The first-order valence-corrected chi connectivity index (χ1v) is 6.02. The van der Waals surface area contributed by atoms with Crippen molar-refractivity contribution in [2.24, 2.45) is 17.8 Å². The summed E-state index contributed by atoms with van der Waals surface area (Å²) in [6, 6.07) is 0. The van der Waals surface area contributed by atoms with Crippen LogP contribution in [0.15, 0.2) is 0 Å². The first kappa shape index (κ1) is 10.2. The zero-order chi connectivity index (χ0) is 10.1. The minimum Gasteiger partial charge on any atom is -0.303 e. The molecule has 2 rings (SSSR count).